The molecule has 3 fully saturated rings. The van der Waals surface area contributed by atoms with E-state index in [9.17, 15) is 0 Å². The van der Waals surface area contributed by atoms with Crippen molar-refractivity contribution in [2.75, 3.05) is 26.2 Å². The minimum Gasteiger partial charge on any atom is -0.298 e. The van der Waals surface area contributed by atoms with E-state index in [4.69, 9.17) is 0 Å². The molecular weight excluding hydrogens is 136 g/mol. The summed E-state index contributed by atoms with van der Waals surface area (Å²) in [6.45, 7) is 5.52. The molecule has 0 spiro atoms. The summed E-state index contributed by atoms with van der Waals surface area (Å²) in [5, 5.41) is 0. The molecule has 2 heterocycles. The van der Waals surface area contributed by atoms with E-state index in [1.165, 1.54) is 45.4 Å². The van der Waals surface area contributed by atoms with Crippen LogP contribution in [0.25, 0.3) is 0 Å². The molecule has 62 valence electrons. The monoisotopic (exact) mass is 152 g/mol. The van der Waals surface area contributed by atoms with Crippen molar-refractivity contribution in [3.63, 3.8) is 0 Å². The van der Waals surface area contributed by atoms with Gasteiger partial charge in [0.2, 0.25) is 0 Å². The third-order valence-corrected chi connectivity index (χ3v) is 3.36. The lowest BCUT2D eigenvalue weighted by Gasteiger charge is -2.49. The fourth-order valence-electron chi connectivity index (χ4n) is 2.16. The van der Waals surface area contributed by atoms with Gasteiger partial charge in [0.15, 0.2) is 0 Å². The van der Waals surface area contributed by atoms with E-state index in [0.717, 1.165) is 12.1 Å². The number of rotatable bonds is 2. The van der Waals surface area contributed by atoms with Crippen molar-refractivity contribution < 1.29 is 0 Å². The van der Waals surface area contributed by atoms with Crippen molar-refractivity contribution in [2.24, 2.45) is 0 Å². The van der Waals surface area contributed by atoms with Gasteiger partial charge in [0, 0.05) is 25.2 Å². The summed E-state index contributed by atoms with van der Waals surface area (Å²) < 4.78 is 0. The predicted octanol–water partition coefficient (Wildman–Crippen LogP) is 0.539. The molecule has 2 saturated heterocycles. The molecule has 0 aromatic rings. The van der Waals surface area contributed by atoms with Gasteiger partial charge in [0.25, 0.3) is 0 Å². The molecule has 3 aliphatic rings. The Balaban J connectivity index is 1.47. The summed E-state index contributed by atoms with van der Waals surface area (Å²) in [7, 11) is 0. The van der Waals surface area contributed by atoms with Crippen molar-refractivity contribution in [1.29, 1.82) is 0 Å². The van der Waals surface area contributed by atoms with Crippen LogP contribution < -0.4 is 0 Å². The van der Waals surface area contributed by atoms with Gasteiger partial charge < -0.3 is 0 Å². The topological polar surface area (TPSA) is 6.48 Å². The lowest BCUT2D eigenvalue weighted by atomic mass is 10.0. The Bertz CT molecular complexity index is 155. The molecule has 2 aliphatic heterocycles. The van der Waals surface area contributed by atoms with E-state index >= 15 is 0 Å². The molecule has 0 N–H and O–H groups in total. The van der Waals surface area contributed by atoms with E-state index in [1.807, 2.05) is 0 Å². The van der Waals surface area contributed by atoms with Gasteiger partial charge >= 0.3 is 0 Å². The van der Waals surface area contributed by atoms with Crippen LogP contribution in [0.1, 0.15) is 19.3 Å². The fourth-order valence-corrected chi connectivity index (χ4v) is 2.16. The van der Waals surface area contributed by atoms with Crippen molar-refractivity contribution in [3.8, 4) is 0 Å². The minimum atomic E-state index is 0.948. The quantitative estimate of drug-likeness (QED) is 0.570. The van der Waals surface area contributed by atoms with Gasteiger partial charge in [0.1, 0.15) is 0 Å². The summed E-state index contributed by atoms with van der Waals surface area (Å²) in [5.74, 6) is 0. The van der Waals surface area contributed by atoms with Gasteiger partial charge in [-0.3, -0.25) is 9.80 Å². The molecule has 2 nitrogen and oxygen atoms in total. The van der Waals surface area contributed by atoms with Gasteiger partial charge in [-0.1, -0.05) is 0 Å². The maximum atomic E-state index is 2.66. The summed E-state index contributed by atoms with van der Waals surface area (Å²) in [4.78, 5) is 5.29. The van der Waals surface area contributed by atoms with Gasteiger partial charge in [-0.15, -0.1) is 0 Å². The zero-order chi connectivity index (χ0) is 7.26. The molecule has 0 aromatic carbocycles. The lowest BCUT2D eigenvalue weighted by molar-refractivity contribution is -0.00417. The van der Waals surface area contributed by atoms with E-state index in [1.54, 1.807) is 0 Å². The Morgan fingerprint density at radius 2 is 1.55 bits per heavy atom. The standard InChI is InChI=1S/C9H16N2/c1-4-10(5-1)9-6-11(7-9)8-2-3-8/h8-9H,1-7H2. The number of nitrogens with zero attached hydrogens (tertiary/aromatic N) is 2. The normalized spacial score (nSPS) is 34.9. The van der Waals surface area contributed by atoms with Crippen LogP contribution in [0.3, 0.4) is 0 Å². The average Bonchev–Trinajstić information content (AvgIpc) is 2.53. The Hall–Kier alpha value is -0.0800. The second-order valence-electron chi connectivity index (χ2n) is 4.23. The highest BCUT2D eigenvalue weighted by Gasteiger charge is 2.41. The largest absolute Gasteiger partial charge is 0.298 e. The molecular formula is C9H16N2. The lowest BCUT2D eigenvalue weighted by Crippen LogP contribution is -2.63. The first-order valence-electron chi connectivity index (χ1n) is 4.91. The van der Waals surface area contributed by atoms with E-state index < -0.39 is 0 Å². The van der Waals surface area contributed by atoms with Gasteiger partial charge in [0.05, 0.1) is 0 Å². The highest BCUT2D eigenvalue weighted by Crippen LogP contribution is 2.32. The van der Waals surface area contributed by atoms with Crippen LogP contribution in [0, 0.1) is 0 Å². The molecule has 1 aliphatic carbocycles. The van der Waals surface area contributed by atoms with Crippen LogP contribution >= 0.6 is 0 Å². The summed E-state index contributed by atoms with van der Waals surface area (Å²) in [6.07, 6.45) is 4.40. The second kappa shape index (κ2) is 2.20. The molecule has 0 unspecified atom stereocenters. The van der Waals surface area contributed by atoms with E-state index in [2.05, 4.69) is 9.80 Å². The molecule has 0 amide bonds. The molecule has 3 rings (SSSR count). The van der Waals surface area contributed by atoms with Gasteiger partial charge in [-0.2, -0.15) is 0 Å². The molecule has 0 aromatic heterocycles. The summed E-state index contributed by atoms with van der Waals surface area (Å²) >= 11 is 0. The molecule has 11 heavy (non-hydrogen) atoms. The SMILES string of the molecule is C1CN(C2CN(C3CC3)C2)C1. The predicted molar refractivity (Wildman–Crippen MR) is 44.6 cm³/mol. The Labute approximate surface area is 68.2 Å². The Morgan fingerprint density at radius 3 is 2.00 bits per heavy atom. The highest BCUT2D eigenvalue weighted by molar-refractivity contribution is 4.98. The molecule has 0 bridgehead atoms. The Kier molecular flexibility index (Phi) is 1.29. The minimum absolute atomic E-state index is 0.948. The maximum Gasteiger partial charge on any atom is 0.0350 e. The zero-order valence-electron chi connectivity index (χ0n) is 7.00. The first kappa shape index (κ1) is 6.44. The van der Waals surface area contributed by atoms with Crippen molar-refractivity contribution in [3.05, 3.63) is 0 Å². The van der Waals surface area contributed by atoms with Crippen molar-refractivity contribution >= 4 is 0 Å². The number of likely N-dealkylation sites (tertiary alicyclic amines) is 2. The van der Waals surface area contributed by atoms with Crippen molar-refractivity contribution in [1.82, 2.24) is 9.80 Å². The average molecular weight is 152 g/mol. The summed E-state index contributed by atoms with van der Waals surface area (Å²) in [5.41, 5.74) is 0. The fraction of sp³-hybridized carbons (Fsp3) is 1.00. The van der Waals surface area contributed by atoms with E-state index in [0.29, 0.717) is 0 Å². The number of hydrogen-bond acceptors (Lipinski definition) is 2. The van der Waals surface area contributed by atoms with Gasteiger partial charge in [-0.05, 0) is 32.4 Å². The second-order valence-corrected chi connectivity index (χ2v) is 4.23. The zero-order valence-corrected chi connectivity index (χ0v) is 7.00. The van der Waals surface area contributed by atoms with Crippen LogP contribution in [-0.4, -0.2) is 48.1 Å². The van der Waals surface area contributed by atoms with Crippen LogP contribution in [0.15, 0.2) is 0 Å². The molecule has 1 saturated carbocycles. The maximum absolute atomic E-state index is 2.66. The number of hydrogen-bond donors (Lipinski definition) is 0. The van der Waals surface area contributed by atoms with Crippen LogP contribution in [0.2, 0.25) is 0 Å². The summed E-state index contributed by atoms with van der Waals surface area (Å²) in [6, 6.07) is 1.96. The van der Waals surface area contributed by atoms with Crippen molar-refractivity contribution in [2.45, 2.75) is 31.3 Å². The third-order valence-electron chi connectivity index (χ3n) is 3.36. The highest BCUT2D eigenvalue weighted by atomic mass is 15.3. The van der Waals surface area contributed by atoms with Gasteiger partial charge in [-0.25, -0.2) is 0 Å². The molecule has 0 atom stereocenters. The van der Waals surface area contributed by atoms with Crippen LogP contribution in [-0.2, 0) is 0 Å². The third kappa shape index (κ3) is 1.00. The first-order valence-corrected chi connectivity index (χ1v) is 4.91. The molecule has 0 radical (unpaired) electrons. The first-order chi connectivity index (χ1) is 5.43. The van der Waals surface area contributed by atoms with E-state index in [-0.39, 0.29) is 0 Å². The Morgan fingerprint density at radius 1 is 0.818 bits per heavy atom. The smallest absolute Gasteiger partial charge is 0.0350 e. The van der Waals surface area contributed by atoms with Crippen LogP contribution in [0.5, 0.6) is 0 Å². The molecule has 2 heteroatoms. The van der Waals surface area contributed by atoms with Crippen LogP contribution in [0.4, 0.5) is 0 Å².